The highest BCUT2D eigenvalue weighted by atomic mass is 14.9. The zero-order valence-electron chi connectivity index (χ0n) is 10.6. The van der Waals surface area contributed by atoms with Gasteiger partial charge in [0.2, 0.25) is 0 Å². The lowest BCUT2D eigenvalue weighted by Crippen LogP contribution is -2.22. The van der Waals surface area contributed by atoms with Crippen LogP contribution >= 0.6 is 0 Å². The van der Waals surface area contributed by atoms with Gasteiger partial charge in [-0.3, -0.25) is 0 Å². The second-order valence-electron chi connectivity index (χ2n) is 5.08. The molecule has 1 aliphatic carbocycles. The molecule has 1 saturated carbocycles. The first kappa shape index (κ1) is 11.5. The molecule has 16 heavy (non-hydrogen) atoms. The van der Waals surface area contributed by atoms with Crippen molar-refractivity contribution in [1.29, 1.82) is 0 Å². The molecule has 1 heterocycles. The lowest BCUT2D eigenvalue weighted by molar-refractivity contribution is 0.525. The van der Waals surface area contributed by atoms with Gasteiger partial charge in [-0.1, -0.05) is 13.8 Å². The summed E-state index contributed by atoms with van der Waals surface area (Å²) >= 11 is 0. The first-order valence-corrected chi connectivity index (χ1v) is 6.11. The maximum absolute atomic E-state index is 4.22. The summed E-state index contributed by atoms with van der Waals surface area (Å²) in [5.41, 5.74) is 1.17. The summed E-state index contributed by atoms with van der Waals surface area (Å²) in [6, 6.07) is 0.348. The molecule has 0 spiro atoms. The summed E-state index contributed by atoms with van der Waals surface area (Å²) in [7, 11) is 0. The Kier molecular flexibility index (Phi) is 3.24. The van der Waals surface area contributed by atoms with Crippen molar-refractivity contribution in [2.24, 2.45) is 17.8 Å². The zero-order valence-corrected chi connectivity index (χ0v) is 10.6. The lowest BCUT2D eigenvalue weighted by atomic mass is 10.1. The summed E-state index contributed by atoms with van der Waals surface area (Å²) in [4.78, 5) is 8.44. The van der Waals surface area contributed by atoms with Gasteiger partial charge in [0.05, 0.1) is 0 Å². The van der Waals surface area contributed by atoms with E-state index < -0.39 is 0 Å². The minimum absolute atomic E-state index is 0.348. The van der Waals surface area contributed by atoms with Crippen LogP contribution in [0.5, 0.6) is 0 Å². The van der Waals surface area contributed by atoms with Gasteiger partial charge in [0.15, 0.2) is 0 Å². The number of nitrogens with zero attached hydrogens (tertiary/aromatic N) is 2. The predicted octanol–water partition coefficient (Wildman–Crippen LogP) is 2.34. The Labute approximate surface area is 97.7 Å². The van der Waals surface area contributed by atoms with Gasteiger partial charge in [0.1, 0.15) is 5.82 Å². The van der Waals surface area contributed by atoms with Crippen LogP contribution in [0, 0.1) is 24.7 Å². The van der Waals surface area contributed by atoms with Crippen LogP contribution in [-0.2, 0) is 0 Å². The lowest BCUT2D eigenvalue weighted by Gasteiger charge is -2.13. The number of hydrogen-bond donors (Lipinski definition) is 1. The van der Waals surface area contributed by atoms with Gasteiger partial charge in [0, 0.05) is 24.0 Å². The van der Waals surface area contributed by atoms with Crippen molar-refractivity contribution in [3.05, 3.63) is 23.8 Å². The Bertz CT molecular complexity index is 339. The molecule has 3 heteroatoms. The molecule has 3 atom stereocenters. The molecule has 88 valence electrons. The fraction of sp³-hybridized carbons (Fsp3) is 0.692. The highest BCUT2D eigenvalue weighted by Crippen LogP contribution is 2.44. The second-order valence-corrected chi connectivity index (χ2v) is 5.08. The quantitative estimate of drug-likeness (QED) is 0.844. The van der Waals surface area contributed by atoms with Crippen LogP contribution in [0.15, 0.2) is 12.4 Å². The van der Waals surface area contributed by atoms with Crippen molar-refractivity contribution < 1.29 is 0 Å². The van der Waals surface area contributed by atoms with Crippen LogP contribution in [0.2, 0.25) is 0 Å². The van der Waals surface area contributed by atoms with E-state index in [9.17, 15) is 0 Å². The van der Waals surface area contributed by atoms with Crippen molar-refractivity contribution in [3.8, 4) is 0 Å². The number of aromatic nitrogens is 2. The standard InChI is InChI=1S/C13H21N3/c1-8-9(2)13(8)7-14-10(3)12-5-15-11(4)16-6-12/h5-6,8-10,13-14H,7H2,1-4H3/t8-,9-,10?/m0/s1. The Morgan fingerprint density at radius 1 is 1.25 bits per heavy atom. The first-order chi connectivity index (χ1) is 7.59. The van der Waals surface area contributed by atoms with Gasteiger partial charge >= 0.3 is 0 Å². The molecule has 1 aliphatic rings. The minimum Gasteiger partial charge on any atom is -0.310 e. The van der Waals surface area contributed by atoms with E-state index in [2.05, 4.69) is 36.1 Å². The van der Waals surface area contributed by atoms with Crippen molar-refractivity contribution in [2.75, 3.05) is 6.54 Å². The number of nitrogens with one attached hydrogen (secondary N) is 1. The topological polar surface area (TPSA) is 37.8 Å². The number of rotatable bonds is 4. The van der Waals surface area contributed by atoms with E-state index in [4.69, 9.17) is 0 Å². The third kappa shape index (κ3) is 2.40. The summed E-state index contributed by atoms with van der Waals surface area (Å²) in [6.45, 7) is 9.85. The Morgan fingerprint density at radius 2 is 1.81 bits per heavy atom. The van der Waals surface area contributed by atoms with Gasteiger partial charge in [-0.25, -0.2) is 9.97 Å². The number of hydrogen-bond acceptors (Lipinski definition) is 3. The highest BCUT2D eigenvalue weighted by Gasteiger charge is 2.42. The molecular weight excluding hydrogens is 198 g/mol. The molecule has 0 radical (unpaired) electrons. The molecule has 3 nitrogen and oxygen atoms in total. The van der Waals surface area contributed by atoms with Crippen LogP contribution in [0.3, 0.4) is 0 Å². The Balaban J connectivity index is 1.84. The van der Waals surface area contributed by atoms with Crippen LogP contribution in [0.4, 0.5) is 0 Å². The average Bonchev–Trinajstić information content (AvgIpc) is 2.84. The minimum atomic E-state index is 0.348. The fourth-order valence-corrected chi connectivity index (χ4v) is 2.19. The molecule has 1 aromatic heterocycles. The Morgan fingerprint density at radius 3 is 2.31 bits per heavy atom. The van der Waals surface area contributed by atoms with Crippen molar-refractivity contribution in [1.82, 2.24) is 15.3 Å². The van der Waals surface area contributed by atoms with E-state index in [-0.39, 0.29) is 0 Å². The van der Waals surface area contributed by atoms with E-state index >= 15 is 0 Å². The van der Waals surface area contributed by atoms with Gasteiger partial charge in [-0.05, 0) is 38.1 Å². The molecule has 0 aliphatic heterocycles. The maximum Gasteiger partial charge on any atom is 0.125 e. The molecule has 1 N–H and O–H groups in total. The largest absolute Gasteiger partial charge is 0.310 e. The third-order valence-corrected chi connectivity index (χ3v) is 4.00. The summed E-state index contributed by atoms with van der Waals surface area (Å²) in [5, 5.41) is 3.56. The molecular formula is C13H21N3. The van der Waals surface area contributed by atoms with E-state index in [0.29, 0.717) is 6.04 Å². The van der Waals surface area contributed by atoms with Crippen LogP contribution < -0.4 is 5.32 Å². The van der Waals surface area contributed by atoms with Crippen LogP contribution in [0.1, 0.15) is 38.2 Å². The fourth-order valence-electron chi connectivity index (χ4n) is 2.19. The molecule has 0 bridgehead atoms. The zero-order chi connectivity index (χ0) is 11.7. The van der Waals surface area contributed by atoms with Crippen LogP contribution in [0.25, 0.3) is 0 Å². The molecule has 1 unspecified atom stereocenters. The molecule has 1 aromatic rings. The average molecular weight is 219 g/mol. The molecule has 2 rings (SSSR count). The summed E-state index contributed by atoms with van der Waals surface area (Å²) < 4.78 is 0. The van der Waals surface area contributed by atoms with E-state index in [0.717, 1.165) is 30.1 Å². The van der Waals surface area contributed by atoms with Gasteiger partial charge in [0.25, 0.3) is 0 Å². The van der Waals surface area contributed by atoms with Crippen molar-refractivity contribution >= 4 is 0 Å². The summed E-state index contributed by atoms with van der Waals surface area (Å²) in [5.74, 6) is 3.46. The molecule has 0 amide bonds. The third-order valence-electron chi connectivity index (χ3n) is 4.00. The van der Waals surface area contributed by atoms with Gasteiger partial charge in [-0.15, -0.1) is 0 Å². The molecule has 0 saturated heterocycles. The molecule has 1 fully saturated rings. The maximum atomic E-state index is 4.22. The SMILES string of the molecule is Cc1ncc(C(C)NCC2[C@@H](C)[C@@H]2C)cn1. The second kappa shape index (κ2) is 4.50. The smallest absolute Gasteiger partial charge is 0.125 e. The van der Waals surface area contributed by atoms with E-state index in [1.807, 2.05) is 19.3 Å². The number of aryl methyl sites for hydroxylation is 1. The van der Waals surface area contributed by atoms with Gasteiger partial charge in [-0.2, -0.15) is 0 Å². The first-order valence-electron chi connectivity index (χ1n) is 6.11. The van der Waals surface area contributed by atoms with Crippen molar-refractivity contribution in [2.45, 2.75) is 33.7 Å². The van der Waals surface area contributed by atoms with Crippen LogP contribution in [-0.4, -0.2) is 16.5 Å². The monoisotopic (exact) mass is 219 g/mol. The van der Waals surface area contributed by atoms with Crippen molar-refractivity contribution in [3.63, 3.8) is 0 Å². The van der Waals surface area contributed by atoms with E-state index in [1.54, 1.807) is 0 Å². The predicted molar refractivity (Wildman–Crippen MR) is 65.0 cm³/mol. The normalized spacial score (nSPS) is 30.1. The summed E-state index contributed by atoms with van der Waals surface area (Å²) in [6.07, 6.45) is 3.83. The molecule has 0 aromatic carbocycles. The highest BCUT2D eigenvalue weighted by molar-refractivity contribution is 5.10. The van der Waals surface area contributed by atoms with Gasteiger partial charge < -0.3 is 5.32 Å². The Hall–Kier alpha value is -0.960. The van der Waals surface area contributed by atoms with E-state index in [1.165, 1.54) is 5.56 Å².